The number of nitrogens with two attached hydrogens (primary N) is 1. The van der Waals surface area contributed by atoms with Crippen LogP contribution in [0, 0.1) is 0 Å². The quantitative estimate of drug-likeness (QED) is 0.230. The molecule has 0 aliphatic carbocycles. The van der Waals surface area contributed by atoms with Crippen LogP contribution >= 0.6 is 11.3 Å². The molecule has 8 heteroatoms. The zero-order valence-corrected chi connectivity index (χ0v) is 20.6. The number of amides is 2. The number of carbonyl (C=O) groups is 1. The van der Waals surface area contributed by atoms with Crippen LogP contribution in [-0.2, 0) is 0 Å². The number of anilines is 4. The third-order valence-corrected chi connectivity index (χ3v) is 6.92. The first kappa shape index (κ1) is 23.4. The van der Waals surface area contributed by atoms with Crippen molar-refractivity contribution in [3.63, 3.8) is 0 Å². The van der Waals surface area contributed by atoms with Crippen LogP contribution in [0.3, 0.4) is 0 Å². The van der Waals surface area contributed by atoms with Crippen LogP contribution in [0.2, 0.25) is 0 Å². The maximum absolute atomic E-state index is 13.0. The average Bonchev–Trinajstić information content (AvgIpc) is 3.46. The predicted molar refractivity (Wildman–Crippen MR) is 150 cm³/mol. The molecule has 4 N–H and O–H groups in total. The van der Waals surface area contributed by atoms with Crippen molar-refractivity contribution < 1.29 is 4.79 Å². The summed E-state index contributed by atoms with van der Waals surface area (Å²) in [7, 11) is 0. The molecule has 1 aromatic heterocycles. The lowest BCUT2D eigenvalue weighted by molar-refractivity contribution is 0.208. The number of amidine groups is 1. The Balaban J connectivity index is 1.17. The van der Waals surface area contributed by atoms with E-state index in [1.807, 2.05) is 89.1 Å². The molecule has 3 aromatic carbocycles. The number of hydrogen-bond donors (Lipinski definition) is 3. The highest BCUT2D eigenvalue weighted by Gasteiger charge is 2.22. The highest BCUT2D eigenvalue weighted by Crippen LogP contribution is 2.26. The molecular weight excluding hydrogens is 468 g/mol. The van der Waals surface area contributed by atoms with Gasteiger partial charge in [0.1, 0.15) is 5.84 Å². The van der Waals surface area contributed by atoms with Gasteiger partial charge in [0, 0.05) is 37.6 Å². The minimum atomic E-state index is -0.0919. The van der Waals surface area contributed by atoms with Gasteiger partial charge in [-0.15, -0.1) is 11.3 Å². The topological polar surface area (TPSA) is 86.0 Å². The summed E-state index contributed by atoms with van der Waals surface area (Å²) in [6.45, 7) is 2.81. The van der Waals surface area contributed by atoms with E-state index in [2.05, 4.69) is 32.7 Å². The Kier molecular flexibility index (Phi) is 7.14. The number of aliphatic imine (C=N–C) groups is 1. The van der Waals surface area contributed by atoms with Gasteiger partial charge in [-0.2, -0.15) is 0 Å². The maximum Gasteiger partial charge on any atom is 0.322 e. The predicted octanol–water partition coefficient (Wildman–Crippen LogP) is 5.88. The van der Waals surface area contributed by atoms with Crippen molar-refractivity contribution in [3.8, 4) is 0 Å². The van der Waals surface area contributed by atoms with Crippen LogP contribution in [0.4, 0.5) is 33.2 Å². The number of nitrogens with one attached hydrogen (secondary N) is 2. The van der Waals surface area contributed by atoms with Crippen LogP contribution in [0.25, 0.3) is 0 Å². The van der Waals surface area contributed by atoms with Crippen molar-refractivity contribution in [3.05, 3.63) is 101 Å². The average molecular weight is 497 g/mol. The number of benzene rings is 3. The van der Waals surface area contributed by atoms with E-state index in [1.165, 1.54) is 0 Å². The molecule has 5 rings (SSSR count). The minimum Gasteiger partial charge on any atom is -0.383 e. The first-order chi connectivity index (χ1) is 17.7. The van der Waals surface area contributed by atoms with E-state index in [-0.39, 0.29) is 6.03 Å². The van der Waals surface area contributed by atoms with Crippen LogP contribution in [-0.4, -0.2) is 42.9 Å². The molecular formula is C28H28N6OS. The van der Waals surface area contributed by atoms with E-state index in [0.29, 0.717) is 18.9 Å². The van der Waals surface area contributed by atoms with Crippen LogP contribution in [0.1, 0.15) is 4.88 Å². The number of urea groups is 1. The van der Waals surface area contributed by atoms with E-state index in [0.717, 1.165) is 46.4 Å². The Morgan fingerprint density at radius 1 is 0.806 bits per heavy atom. The Morgan fingerprint density at radius 3 is 2.19 bits per heavy atom. The molecule has 0 atom stereocenters. The Hall–Kier alpha value is -4.30. The molecule has 2 heterocycles. The fourth-order valence-corrected chi connectivity index (χ4v) is 4.72. The van der Waals surface area contributed by atoms with Gasteiger partial charge in [-0.05, 0) is 60.0 Å². The molecule has 0 saturated carbocycles. The number of nitrogens with zero attached hydrogens (tertiary/aromatic N) is 3. The molecule has 0 spiro atoms. The molecule has 36 heavy (non-hydrogen) atoms. The molecule has 1 aliphatic heterocycles. The van der Waals surface area contributed by atoms with Crippen molar-refractivity contribution in [1.29, 1.82) is 0 Å². The number of piperazine rings is 1. The van der Waals surface area contributed by atoms with Gasteiger partial charge >= 0.3 is 6.03 Å². The van der Waals surface area contributed by atoms with Gasteiger partial charge in [0.25, 0.3) is 0 Å². The van der Waals surface area contributed by atoms with Crippen LogP contribution < -0.4 is 21.3 Å². The largest absolute Gasteiger partial charge is 0.383 e. The zero-order valence-electron chi connectivity index (χ0n) is 19.8. The van der Waals surface area contributed by atoms with Crippen LogP contribution in [0.15, 0.2) is 101 Å². The summed E-state index contributed by atoms with van der Waals surface area (Å²) >= 11 is 1.58. The van der Waals surface area contributed by atoms with Crippen molar-refractivity contribution >= 4 is 51.6 Å². The lowest BCUT2D eigenvalue weighted by Gasteiger charge is -2.36. The molecule has 2 amide bonds. The third kappa shape index (κ3) is 5.67. The van der Waals surface area contributed by atoms with Crippen molar-refractivity contribution in [2.75, 3.05) is 41.7 Å². The van der Waals surface area contributed by atoms with Gasteiger partial charge in [0.05, 0.1) is 21.9 Å². The van der Waals surface area contributed by atoms with Crippen molar-refractivity contribution in [2.24, 2.45) is 10.7 Å². The highest BCUT2D eigenvalue weighted by atomic mass is 32.1. The van der Waals surface area contributed by atoms with Gasteiger partial charge in [-0.1, -0.05) is 36.4 Å². The maximum atomic E-state index is 13.0. The molecule has 1 aliphatic rings. The van der Waals surface area contributed by atoms with E-state index in [1.54, 1.807) is 11.3 Å². The normalized spacial score (nSPS) is 13.9. The summed E-state index contributed by atoms with van der Waals surface area (Å²) in [4.78, 5) is 22.6. The van der Waals surface area contributed by atoms with E-state index in [4.69, 9.17) is 5.73 Å². The SMILES string of the molecule is NC(=Nc1ccc(N2CCN(C(=O)Nc3ccccc3Nc3ccccc3)CC2)cc1)c1cccs1. The molecule has 0 unspecified atom stereocenters. The van der Waals surface area contributed by atoms with Crippen molar-refractivity contribution in [1.82, 2.24) is 4.90 Å². The smallest absolute Gasteiger partial charge is 0.322 e. The second-order valence-electron chi connectivity index (χ2n) is 8.43. The summed E-state index contributed by atoms with van der Waals surface area (Å²) in [5.74, 6) is 0.526. The molecule has 4 aromatic rings. The first-order valence-corrected chi connectivity index (χ1v) is 12.7. The second kappa shape index (κ2) is 11.0. The molecule has 1 saturated heterocycles. The fourth-order valence-electron chi connectivity index (χ4n) is 4.10. The number of rotatable bonds is 6. The summed E-state index contributed by atoms with van der Waals surface area (Å²) in [5, 5.41) is 8.44. The molecule has 0 bridgehead atoms. The lowest BCUT2D eigenvalue weighted by atomic mass is 10.2. The lowest BCUT2D eigenvalue weighted by Crippen LogP contribution is -2.50. The molecule has 7 nitrogen and oxygen atoms in total. The third-order valence-electron chi connectivity index (χ3n) is 6.03. The fraction of sp³-hybridized carbons (Fsp3) is 0.143. The van der Waals surface area contributed by atoms with Crippen LogP contribution in [0.5, 0.6) is 0 Å². The van der Waals surface area contributed by atoms with E-state index in [9.17, 15) is 4.79 Å². The second-order valence-corrected chi connectivity index (χ2v) is 9.38. The Bertz CT molecular complexity index is 1310. The van der Waals surface area contributed by atoms with Gasteiger partial charge in [0.2, 0.25) is 0 Å². The van der Waals surface area contributed by atoms with Gasteiger partial charge in [-0.25, -0.2) is 9.79 Å². The highest BCUT2D eigenvalue weighted by molar-refractivity contribution is 7.12. The van der Waals surface area contributed by atoms with Crippen molar-refractivity contribution in [2.45, 2.75) is 0 Å². The Labute approximate surface area is 214 Å². The standard InChI is InChI=1S/C28H28N6OS/c29-27(26-11-6-20-36-26)31-22-12-14-23(15-13-22)33-16-18-34(19-17-33)28(35)32-25-10-5-4-9-24(25)30-21-7-2-1-3-8-21/h1-15,20,30H,16-19H2,(H2,29,31)(H,32,35). The summed E-state index contributed by atoms with van der Waals surface area (Å²) in [6.07, 6.45) is 0. The Morgan fingerprint density at radius 2 is 1.50 bits per heavy atom. The molecule has 182 valence electrons. The first-order valence-electron chi connectivity index (χ1n) is 11.9. The number of para-hydroxylation sites is 3. The number of carbonyl (C=O) groups excluding carboxylic acids is 1. The van der Waals surface area contributed by atoms with Gasteiger partial charge in [-0.3, -0.25) is 0 Å². The molecule has 1 fully saturated rings. The van der Waals surface area contributed by atoms with Gasteiger partial charge < -0.3 is 26.2 Å². The summed E-state index contributed by atoms with van der Waals surface area (Å²) < 4.78 is 0. The van der Waals surface area contributed by atoms with E-state index < -0.39 is 0 Å². The molecule has 0 radical (unpaired) electrons. The van der Waals surface area contributed by atoms with Gasteiger partial charge in [0.15, 0.2) is 0 Å². The zero-order chi connectivity index (χ0) is 24.7. The monoisotopic (exact) mass is 496 g/mol. The number of hydrogen-bond acceptors (Lipinski definition) is 5. The summed E-state index contributed by atoms with van der Waals surface area (Å²) in [6, 6.07) is 29.6. The minimum absolute atomic E-state index is 0.0919. The van der Waals surface area contributed by atoms with E-state index >= 15 is 0 Å². The number of thiophene rings is 1. The summed E-state index contributed by atoms with van der Waals surface area (Å²) in [5.41, 5.74) is 10.6.